The number of nitrogens with zero attached hydrogens (tertiary/aromatic N) is 1. The zero-order valence-corrected chi connectivity index (χ0v) is 13.1. The lowest BCUT2D eigenvalue weighted by Gasteiger charge is -2.18. The first-order valence-electron chi connectivity index (χ1n) is 7.27. The van der Waals surface area contributed by atoms with Crippen LogP contribution in [0.25, 0.3) is 0 Å². The fraction of sp³-hybridized carbons (Fsp3) is 0.625. The number of benzene rings is 1. The number of ether oxygens (including phenoxy) is 2. The summed E-state index contributed by atoms with van der Waals surface area (Å²) in [7, 11) is 2.02. The topological polar surface area (TPSA) is 41.9 Å². The van der Waals surface area contributed by atoms with E-state index in [4.69, 9.17) is 9.47 Å². The molecule has 1 aromatic rings. The molecule has 0 unspecified atom stereocenters. The Morgan fingerprint density at radius 3 is 2.60 bits per heavy atom. The van der Waals surface area contributed by atoms with Crippen LogP contribution in [0.3, 0.4) is 0 Å². The first kappa shape index (κ1) is 16.8. The summed E-state index contributed by atoms with van der Waals surface area (Å²) in [4.78, 5) is 2.13. The minimum absolute atomic E-state index is 0.256. The summed E-state index contributed by atoms with van der Waals surface area (Å²) < 4.78 is 11.0. The average Bonchev–Trinajstić information content (AvgIpc) is 2.38. The Hall–Kier alpha value is -1.26. The molecule has 0 bridgehead atoms. The van der Waals surface area contributed by atoms with Crippen molar-refractivity contribution < 1.29 is 14.6 Å². The highest BCUT2D eigenvalue weighted by molar-refractivity contribution is 5.39. The van der Waals surface area contributed by atoms with E-state index in [-0.39, 0.29) is 11.9 Å². The summed E-state index contributed by atoms with van der Waals surface area (Å²) in [5.41, 5.74) is 0.904. The highest BCUT2D eigenvalue weighted by Gasteiger charge is 2.07. The molecule has 0 aromatic heterocycles. The SMILES string of the molecule is CCCOc1ccc(CN(C)CCOC(C)C)c(O)c1. The van der Waals surface area contributed by atoms with Crippen molar-refractivity contribution in [2.75, 3.05) is 26.8 Å². The number of aromatic hydroxyl groups is 1. The van der Waals surface area contributed by atoms with Gasteiger partial charge in [0.25, 0.3) is 0 Å². The van der Waals surface area contributed by atoms with E-state index in [1.54, 1.807) is 6.07 Å². The lowest BCUT2D eigenvalue weighted by atomic mass is 10.2. The van der Waals surface area contributed by atoms with E-state index >= 15 is 0 Å². The van der Waals surface area contributed by atoms with Crippen LogP contribution < -0.4 is 4.74 Å². The van der Waals surface area contributed by atoms with Crippen molar-refractivity contribution in [3.63, 3.8) is 0 Å². The van der Waals surface area contributed by atoms with Gasteiger partial charge in [0.15, 0.2) is 0 Å². The van der Waals surface area contributed by atoms with Gasteiger partial charge < -0.3 is 14.6 Å². The van der Waals surface area contributed by atoms with Gasteiger partial charge in [-0.2, -0.15) is 0 Å². The van der Waals surface area contributed by atoms with E-state index in [0.717, 1.165) is 24.3 Å². The van der Waals surface area contributed by atoms with Crippen LogP contribution in [0.5, 0.6) is 11.5 Å². The van der Waals surface area contributed by atoms with Gasteiger partial charge in [-0.1, -0.05) is 13.0 Å². The molecule has 0 amide bonds. The van der Waals surface area contributed by atoms with Gasteiger partial charge in [-0.25, -0.2) is 0 Å². The quantitative estimate of drug-likeness (QED) is 0.755. The van der Waals surface area contributed by atoms with Crippen molar-refractivity contribution in [3.05, 3.63) is 23.8 Å². The van der Waals surface area contributed by atoms with Gasteiger partial charge in [0, 0.05) is 24.7 Å². The Balaban J connectivity index is 2.46. The standard InChI is InChI=1S/C16H27NO3/c1-5-9-20-15-7-6-14(16(18)11-15)12-17(4)8-10-19-13(2)3/h6-7,11,13,18H,5,8-10,12H2,1-4H3. The maximum absolute atomic E-state index is 10.0. The normalized spacial score (nSPS) is 11.3. The molecule has 0 spiro atoms. The van der Waals surface area contributed by atoms with Gasteiger partial charge in [0.1, 0.15) is 11.5 Å². The fourth-order valence-corrected chi connectivity index (χ4v) is 1.80. The molecule has 0 aliphatic carbocycles. The van der Waals surface area contributed by atoms with Crippen LogP contribution in [0.2, 0.25) is 0 Å². The van der Waals surface area contributed by atoms with E-state index in [9.17, 15) is 5.11 Å². The molecule has 0 saturated carbocycles. The van der Waals surface area contributed by atoms with Crippen LogP contribution >= 0.6 is 0 Å². The predicted octanol–water partition coefficient (Wildman–Crippen LogP) is 3.04. The highest BCUT2D eigenvalue weighted by Crippen LogP contribution is 2.24. The van der Waals surface area contributed by atoms with Gasteiger partial charge in [0.2, 0.25) is 0 Å². The third-order valence-electron chi connectivity index (χ3n) is 2.89. The van der Waals surface area contributed by atoms with Crippen LogP contribution in [0.1, 0.15) is 32.8 Å². The number of hydrogen-bond donors (Lipinski definition) is 1. The summed E-state index contributed by atoms with van der Waals surface area (Å²) in [5, 5.41) is 10.0. The molecule has 1 aromatic carbocycles. The smallest absolute Gasteiger partial charge is 0.123 e. The molecule has 0 aliphatic rings. The molecule has 0 saturated heterocycles. The van der Waals surface area contributed by atoms with Gasteiger partial charge in [0.05, 0.1) is 19.3 Å². The lowest BCUT2D eigenvalue weighted by molar-refractivity contribution is 0.0626. The number of likely N-dealkylation sites (N-methyl/N-ethyl adjacent to an activating group) is 1. The molecule has 114 valence electrons. The second-order valence-electron chi connectivity index (χ2n) is 5.30. The zero-order chi connectivity index (χ0) is 15.0. The Bertz CT molecular complexity index is 393. The number of phenols is 1. The maximum Gasteiger partial charge on any atom is 0.123 e. The van der Waals surface area contributed by atoms with Crippen molar-refractivity contribution in [2.45, 2.75) is 39.8 Å². The van der Waals surface area contributed by atoms with Crippen molar-refractivity contribution in [3.8, 4) is 11.5 Å². The number of phenolic OH excluding ortho intramolecular Hbond substituents is 1. The Kier molecular flexibility index (Phi) is 7.41. The largest absolute Gasteiger partial charge is 0.507 e. The molecule has 1 N–H and O–H groups in total. The monoisotopic (exact) mass is 281 g/mol. The average molecular weight is 281 g/mol. The number of rotatable bonds is 9. The second kappa shape index (κ2) is 8.82. The summed E-state index contributed by atoms with van der Waals surface area (Å²) in [6.07, 6.45) is 1.22. The summed E-state index contributed by atoms with van der Waals surface area (Å²) in [5.74, 6) is 1.01. The summed E-state index contributed by atoms with van der Waals surface area (Å²) in [6.45, 7) is 9.02. The molecule has 0 aliphatic heterocycles. The van der Waals surface area contributed by atoms with E-state index in [0.29, 0.717) is 19.8 Å². The molecule has 0 heterocycles. The van der Waals surface area contributed by atoms with Gasteiger partial charge in [-0.15, -0.1) is 0 Å². The van der Waals surface area contributed by atoms with Crippen molar-refractivity contribution >= 4 is 0 Å². The van der Waals surface area contributed by atoms with Crippen LogP contribution in [-0.2, 0) is 11.3 Å². The van der Waals surface area contributed by atoms with Gasteiger partial charge >= 0.3 is 0 Å². The minimum Gasteiger partial charge on any atom is -0.507 e. The van der Waals surface area contributed by atoms with Crippen LogP contribution in [0, 0.1) is 0 Å². The third kappa shape index (κ3) is 6.26. The van der Waals surface area contributed by atoms with Crippen LogP contribution in [0.4, 0.5) is 0 Å². The van der Waals surface area contributed by atoms with Crippen molar-refractivity contribution in [1.29, 1.82) is 0 Å². The predicted molar refractivity (Wildman–Crippen MR) is 81.3 cm³/mol. The van der Waals surface area contributed by atoms with Gasteiger partial charge in [-0.3, -0.25) is 4.90 Å². The Morgan fingerprint density at radius 1 is 1.25 bits per heavy atom. The van der Waals surface area contributed by atoms with Crippen molar-refractivity contribution in [1.82, 2.24) is 4.90 Å². The van der Waals surface area contributed by atoms with E-state index in [1.165, 1.54) is 0 Å². The Morgan fingerprint density at radius 2 is 2.00 bits per heavy atom. The fourth-order valence-electron chi connectivity index (χ4n) is 1.80. The first-order valence-corrected chi connectivity index (χ1v) is 7.27. The molecule has 4 heteroatoms. The van der Waals surface area contributed by atoms with Crippen LogP contribution in [-0.4, -0.2) is 42.9 Å². The van der Waals surface area contributed by atoms with Gasteiger partial charge in [-0.05, 0) is 33.4 Å². The Labute approximate surface area is 122 Å². The molecule has 0 fully saturated rings. The molecular formula is C16H27NO3. The molecule has 1 rings (SSSR count). The minimum atomic E-state index is 0.256. The summed E-state index contributed by atoms with van der Waals surface area (Å²) >= 11 is 0. The maximum atomic E-state index is 10.0. The third-order valence-corrected chi connectivity index (χ3v) is 2.89. The van der Waals surface area contributed by atoms with E-state index in [1.807, 2.05) is 33.0 Å². The second-order valence-corrected chi connectivity index (χ2v) is 5.30. The summed E-state index contributed by atoms with van der Waals surface area (Å²) in [6, 6.07) is 5.51. The van der Waals surface area contributed by atoms with Crippen molar-refractivity contribution in [2.24, 2.45) is 0 Å². The molecule has 20 heavy (non-hydrogen) atoms. The molecular weight excluding hydrogens is 254 g/mol. The number of hydrogen-bond acceptors (Lipinski definition) is 4. The van der Waals surface area contributed by atoms with Crippen LogP contribution in [0.15, 0.2) is 18.2 Å². The molecule has 4 nitrogen and oxygen atoms in total. The van der Waals surface area contributed by atoms with E-state index in [2.05, 4.69) is 11.8 Å². The lowest BCUT2D eigenvalue weighted by Crippen LogP contribution is -2.24. The first-order chi connectivity index (χ1) is 9.52. The zero-order valence-electron chi connectivity index (χ0n) is 13.1. The highest BCUT2D eigenvalue weighted by atomic mass is 16.5. The van der Waals surface area contributed by atoms with E-state index < -0.39 is 0 Å². The molecule has 0 atom stereocenters. The molecule has 0 radical (unpaired) electrons.